The molecule has 0 fully saturated rings. The summed E-state index contributed by atoms with van der Waals surface area (Å²) in [6, 6.07) is 13.6. The van der Waals surface area contributed by atoms with Crippen molar-refractivity contribution in [2.75, 3.05) is 96.4 Å². The molecule has 1 unspecified atom stereocenters. The van der Waals surface area contributed by atoms with Gasteiger partial charge < -0.3 is 73.7 Å². The number of aromatic nitrogens is 2. The number of halogens is 1. The van der Waals surface area contributed by atoms with E-state index < -0.39 is 47.8 Å². The summed E-state index contributed by atoms with van der Waals surface area (Å²) in [6.07, 6.45) is -2.25. The summed E-state index contributed by atoms with van der Waals surface area (Å²) in [5.41, 5.74) is 3.08. The van der Waals surface area contributed by atoms with Gasteiger partial charge in [-0.25, -0.2) is 19.4 Å². The van der Waals surface area contributed by atoms with Crippen molar-refractivity contribution in [3.8, 4) is 11.5 Å². The summed E-state index contributed by atoms with van der Waals surface area (Å²) < 4.78 is 34.3. The number of ether oxygens (including phenoxy) is 5. The van der Waals surface area contributed by atoms with Crippen LogP contribution in [0.15, 0.2) is 59.0 Å². The lowest BCUT2D eigenvalue weighted by molar-refractivity contribution is -0.128. The van der Waals surface area contributed by atoms with E-state index in [0.717, 1.165) is 17.4 Å². The third kappa shape index (κ3) is 15.5. The second-order valence-corrected chi connectivity index (χ2v) is 20.3. The highest BCUT2D eigenvalue weighted by Gasteiger charge is 2.38. The van der Waals surface area contributed by atoms with E-state index in [9.17, 15) is 33.9 Å². The zero-order chi connectivity index (χ0) is 55.4. The Kier molecular flexibility index (Phi) is 19.9. The van der Waals surface area contributed by atoms with Gasteiger partial charge in [-0.1, -0.05) is 26.0 Å². The number of fused-ring (bicyclic) bond motifs is 4. The highest BCUT2D eigenvalue weighted by molar-refractivity contribution is 6.19. The molecule has 6 rings (SSSR count). The van der Waals surface area contributed by atoms with Gasteiger partial charge in [0.25, 0.3) is 5.91 Å². The number of rotatable bonds is 23. The van der Waals surface area contributed by atoms with Gasteiger partial charge in [-0.2, -0.15) is 0 Å². The number of carbonyl (C=O) groups excluding carboxylic acids is 6. The van der Waals surface area contributed by atoms with Crippen LogP contribution in [-0.4, -0.2) is 170 Å². The number of carbonyl (C=O) groups is 6. The Morgan fingerprint density at radius 2 is 1.64 bits per heavy atom. The van der Waals surface area contributed by atoms with Gasteiger partial charge in [0.15, 0.2) is 17.2 Å². The molecule has 23 heteroatoms. The third-order valence-corrected chi connectivity index (χ3v) is 12.5. The maximum Gasteiger partial charge on any atom is 0.415 e. The minimum atomic E-state index is -0.956. The van der Waals surface area contributed by atoms with E-state index in [4.69, 9.17) is 39.7 Å². The number of likely N-dealkylation sites (N-methyl/N-ethyl adjacent to an activating group) is 2. The zero-order valence-electron chi connectivity index (χ0n) is 44.7. The molecule has 5 aromatic rings. The maximum atomic E-state index is 14.4. The van der Waals surface area contributed by atoms with Crippen molar-refractivity contribution in [3.63, 3.8) is 0 Å². The monoisotopic (exact) mass is 1080 g/mol. The third-order valence-electron chi connectivity index (χ3n) is 12.1. The number of aliphatic hydroxyl groups excluding tert-OH is 1. The first kappa shape index (κ1) is 58.1. The molecule has 3 aromatic carbocycles. The van der Waals surface area contributed by atoms with Crippen LogP contribution >= 0.6 is 11.6 Å². The van der Waals surface area contributed by atoms with Gasteiger partial charge >= 0.3 is 18.3 Å². The van der Waals surface area contributed by atoms with Crippen LogP contribution in [0.3, 0.4) is 0 Å². The first-order valence-electron chi connectivity index (χ1n) is 25.0. The molecule has 2 aromatic heterocycles. The molecule has 3 heterocycles. The quantitative estimate of drug-likeness (QED) is 0.0341. The van der Waals surface area contributed by atoms with Gasteiger partial charge in [0, 0.05) is 86.7 Å². The van der Waals surface area contributed by atoms with Crippen LogP contribution < -0.4 is 30.3 Å². The molecule has 0 bridgehead atoms. The molecule has 0 saturated heterocycles. The van der Waals surface area contributed by atoms with Gasteiger partial charge in [-0.3, -0.25) is 14.4 Å². The van der Waals surface area contributed by atoms with Crippen molar-refractivity contribution in [2.45, 2.75) is 78.7 Å². The van der Waals surface area contributed by atoms with Crippen molar-refractivity contribution in [1.29, 1.82) is 0 Å². The largest absolute Gasteiger partial charge is 0.492 e. The molecule has 1 aliphatic rings. The molecule has 0 radical (unpaired) electrons. The van der Waals surface area contributed by atoms with E-state index in [1.165, 1.54) is 23.8 Å². The number of alkyl carbamates (subject to hydrolysis) is 1. The number of oxazole rings is 1. The summed E-state index contributed by atoms with van der Waals surface area (Å²) in [5.74, 6) is -0.846. The number of H-pyrrole nitrogens is 1. The van der Waals surface area contributed by atoms with Crippen molar-refractivity contribution in [3.05, 3.63) is 77.3 Å². The van der Waals surface area contributed by atoms with Crippen LogP contribution in [-0.2, 0) is 30.4 Å². The molecule has 412 valence electrons. The Bertz CT molecular complexity index is 2850. The van der Waals surface area contributed by atoms with Gasteiger partial charge in [0.05, 0.1) is 25.5 Å². The Morgan fingerprint density at radius 3 is 2.32 bits per heavy atom. The van der Waals surface area contributed by atoms with Crippen LogP contribution in [0.2, 0.25) is 0 Å². The molecule has 3 atom stereocenters. The van der Waals surface area contributed by atoms with Crippen molar-refractivity contribution in [1.82, 2.24) is 35.3 Å². The van der Waals surface area contributed by atoms with Crippen molar-refractivity contribution >= 4 is 81.0 Å². The minimum Gasteiger partial charge on any atom is -0.492 e. The number of aliphatic hydroxyl groups is 1. The summed E-state index contributed by atoms with van der Waals surface area (Å²) in [6.45, 7) is 13.0. The van der Waals surface area contributed by atoms with Crippen LogP contribution in [0.4, 0.5) is 25.8 Å². The lowest BCUT2D eigenvalue weighted by Crippen LogP contribution is -2.54. The van der Waals surface area contributed by atoms with E-state index in [0.29, 0.717) is 52.0 Å². The fourth-order valence-corrected chi connectivity index (χ4v) is 8.34. The Hall–Kier alpha value is -7.14. The summed E-state index contributed by atoms with van der Waals surface area (Å²) in [7, 11) is 5.44. The Labute approximate surface area is 446 Å². The zero-order valence-corrected chi connectivity index (χ0v) is 45.5. The summed E-state index contributed by atoms with van der Waals surface area (Å²) in [4.78, 5) is 94.2. The molecule has 5 N–H and O–H groups in total. The predicted octanol–water partition coefficient (Wildman–Crippen LogP) is 6.61. The van der Waals surface area contributed by atoms with Crippen LogP contribution in [0.1, 0.15) is 75.0 Å². The van der Waals surface area contributed by atoms with Crippen molar-refractivity contribution in [2.24, 2.45) is 5.92 Å². The molecule has 6 amide bonds. The molecule has 76 heavy (non-hydrogen) atoms. The lowest BCUT2D eigenvalue weighted by Gasteiger charge is -2.26. The summed E-state index contributed by atoms with van der Waals surface area (Å²) >= 11 is 6.54. The van der Waals surface area contributed by atoms with Crippen LogP contribution in [0.25, 0.3) is 22.0 Å². The fraction of sp³-hybridized carbons (Fsp3) is 0.491. The molecule has 1 aliphatic heterocycles. The minimum absolute atomic E-state index is 0.00825. The number of benzene rings is 3. The topological polar surface area (TPSA) is 260 Å². The first-order chi connectivity index (χ1) is 36.0. The predicted molar refractivity (Wildman–Crippen MR) is 285 cm³/mol. The highest BCUT2D eigenvalue weighted by Crippen LogP contribution is 2.46. The molecule has 0 saturated carbocycles. The maximum absolute atomic E-state index is 14.4. The number of hydrogen-bond donors (Lipinski definition) is 5. The van der Waals surface area contributed by atoms with E-state index in [2.05, 4.69) is 25.9 Å². The van der Waals surface area contributed by atoms with Crippen molar-refractivity contribution < 1.29 is 62.0 Å². The lowest BCUT2D eigenvalue weighted by atomic mass is 10.0. The molecule has 0 aliphatic carbocycles. The second-order valence-electron chi connectivity index (χ2n) is 20.0. The number of aryl methyl sites for hydroxylation is 1. The number of hydrogen-bond acceptors (Lipinski definition) is 15. The number of nitrogens with one attached hydrogen (secondary N) is 4. The van der Waals surface area contributed by atoms with E-state index in [-0.39, 0.29) is 87.6 Å². The average molecular weight is 1080 g/mol. The average Bonchev–Trinajstić information content (AvgIpc) is 4.08. The number of alkyl halides is 1. The second kappa shape index (κ2) is 26.1. The van der Waals surface area contributed by atoms with Gasteiger partial charge in [0.2, 0.25) is 11.8 Å². The van der Waals surface area contributed by atoms with Crippen LogP contribution in [0, 0.1) is 12.8 Å². The summed E-state index contributed by atoms with van der Waals surface area (Å²) in [5, 5.41) is 18.1. The van der Waals surface area contributed by atoms with E-state index in [1.54, 1.807) is 82.8 Å². The smallest absolute Gasteiger partial charge is 0.415 e. The van der Waals surface area contributed by atoms with Gasteiger partial charge in [0.1, 0.15) is 47.9 Å². The van der Waals surface area contributed by atoms with E-state index >= 15 is 0 Å². The Morgan fingerprint density at radius 1 is 0.908 bits per heavy atom. The molecule has 22 nitrogen and oxygen atoms in total. The Balaban J connectivity index is 1.07. The molecular weight excluding hydrogens is 1010 g/mol. The standard InChI is InChI=1S/C53H70ClN9O13/c1-31(2)44(59-50(68)76-53(5,6)7)48(66)55-32(3)47(65)57-37-13-11-34(12-14-37)30-73-51(69)61(10)17-18-62(20-22-71-24-21-64)52(70)75-42-27-41-43(45-46(42)74-33(4)56-45)36(28-54)29-63(41)49(67)40-26-35-25-38(15-16-39(35)58-40)72-23-19-60(8)9/h11-16,25-27,31-32,36,44,58,64H,17-24,28-30H2,1-10H3,(H,55,66)(H,57,65)(H,59,68)/t32-,36?,44-/m0/s1. The number of anilines is 2. The van der Waals surface area contributed by atoms with Gasteiger partial charge in [-0.15, -0.1) is 11.6 Å². The molecule has 0 spiro atoms. The van der Waals surface area contributed by atoms with Crippen LogP contribution in [0.5, 0.6) is 11.5 Å². The number of amides is 6. The fourth-order valence-electron chi connectivity index (χ4n) is 8.09. The number of aromatic amines is 1. The first-order valence-corrected chi connectivity index (χ1v) is 25.5. The number of nitrogens with zero attached hydrogens (tertiary/aromatic N) is 5. The normalized spacial score (nSPS) is 14.1. The van der Waals surface area contributed by atoms with Gasteiger partial charge in [-0.05, 0) is 89.7 Å². The highest BCUT2D eigenvalue weighted by atomic mass is 35.5. The SMILES string of the molecule is Cc1nc2c3c(cc(OC(=O)N(CCOCCO)CCN(C)C(=O)OCc4ccc(NC(=O)[C@H](C)NC(=O)[C@@H](NC(=O)OC(C)(C)C)C(C)C)cc4)c2o1)N(C(=O)c1cc2cc(OCCN(C)C)ccc2[nH]1)CC3CCl. The molecular formula is C53H70ClN9O13. The van der Waals surface area contributed by atoms with E-state index in [1.807, 2.05) is 37.2 Å².